The van der Waals surface area contributed by atoms with Gasteiger partial charge in [0, 0.05) is 17.8 Å². The van der Waals surface area contributed by atoms with E-state index in [9.17, 15) is 14.7 Å². The summed E-state index contributed by atoms with van der Waals surface area (Å²) in [7, 11) is 0. The first kappa shape index (κ1) is 17.0. The number of hydrogen-bond donors (Lipinski definition) is 2. The lowest BCUT2D eigenvalue weighted by Gasteiger charge is -2.09. The van der Waals surface area contributed by atoms with E-state index in [2.05, 4.69) is 9.98 Å². The van der Waals surface area contributed by atoms with Crippen LogP contribution in [0.1, 0.15) is 25.8 Å². The second kappa shape index (κ2) is 7.28. The maximum atomic E-state index is 12.0. The normalized spacial score (nSPS) is 12.7. The molecule has 0 bridgehead atoms. The lowest BCUT2D eigenvalue weighted by molar-refractivity contribution is 0.430. The van der Waals surface area contributed by atoms with Crippen molar-refractivity contribution in [3.63, 3.8) is 0 Å². The maximum Gasteiger partial charge on any atom is 0.335 e. The molecule has 0 unspecified atom stereocenters. The first-order chi connectivity index (χ1) is 10.9. The number of aromatic nitrogens is 2. The van der Waals surface area contributed by atoms with Crippen molar-refractivity contribution in [2.45, 2.75) is 20.3 Å². The van der Waals surface area contributed by atoms with Gasteiger partial charge in [0.1, 0.15) is 5.56 Å². The fourth-order valence-corrected chi connectivity index (χ4v) is 2.06. The van der Waals surface area contributed by atoms with Gasteiger partial charge in [-0.3, -0.25) is 14.8 Å². The monoisotopic (exact) mass is 335 g/mol. The predicted octanol–water partition coefficient (Wildman–Crippen LogP) is 2.35. The molecule has 1 atom stereocenters. The van der Waals surface area contributed by atoms with Gasteiger partial charge in [-0.15, -0.1) is 0 Å². The summed E-state index contributed by atoms with van der Waals surface area (Å²) in [5.41, 5.74) is -1.06. The van der Waals surface area contributed by atoms with Crippen LogP contribution in [0.3, 0.4) is 0 Å². The molecule has 2 aromatic rings. The molecule has 0 fully saturated rings. The van der Waals surface area contributed by atoms with E-state index in [-0.39, 0.29) is 5.56 Å². The first-order valence-electron chi connectivity index (χ1n) is 7.28. The Kier molecular flexibility index (Phi) is 5.39. The van der Waals surface area contributed by atoms with Gasteiger partial charge >= 0.3 is 5.69 Å². The van der Waals surface area contributed by atoms with Crippen LogP contribution in [0.4, 0.5) is 0 Å². The first-order valence-corrected chi connectivity index (χ1v) is 7.66. The average Bonchev–Trinajstić information content (AvgIpc) is 2.51. The molecule has 2 N–H and O–H groups in total. The Morgan fingerprint density at radius 3 is 2.61 bits per heavy atom. The molecule has 1 aromatic carbocycles. The minimum absolute atomic E-state index is 0.0529. The predicted molar refractivity (Wildman–Crippen MR) is 91.3 cm³/mol. The van der Waals surface area contributed by atoms with Gasteiger partial charge in [-0.25, -0.2) is 9.36 Å². The topological polar surface area (TPSA) is 87.4 Å². The maximum absolute atomic E-state index is 12.0. The molecule has 0 amide bonds. The Hall–Kier alpha value is -2.34. The number of rotatable bonds is 5. The molecule has 1 heterocycles. The number of H-pyrrole nitrogens is 1. The Morgan fingerprint density at radius 1 is 1.35 bits per heavy atom. The van der Waals surface area contributed by atoms with E-state index in [1.54, 1.807) is 24.3 Å². The molecule has 0 saturated heterocycles. The highest BCUT2D eigenvalue weighted by molar-refractivity contribution is 6.30. The Balaban J connectivity index is 2.49. The van der Waals surface area contributed by atoms with Crippen LogP contribution in [0.2, 0.25) is 5.02 Å². The van der Waals surface area contributed by atoms with Crippen molar-refractivity contribution in [2.24, 2.45) is 10.9 Å². The van der Waals surface area contributed by atoms with Crippen LogP contribution in [0.5, 0.6) is 5.88 Å². The molecule has 0 saturated carbocycles. The molecule has 0 aliphatic rings. The Morgan fingerprint density at radius 2 is 2.00 bits per heavy atom. The van der Waals surface area contributed by atoms with Gasteiger partial charge in [0.05, 0.1) is 5.69 Å². The largest absolute Gasteiger partial charge is 0.493 e. The number of hydrogen-bond acceptors (Lipinski definition) is 4. The van der Waals surface area contributed by atoms with E-state index in [4.69, 9.17) is 11.6 Å². The summed E-state index contributed by atoms with van der Waals surface area (Å²) in [6.07, 6.45) is 2.26. The summed E-state index contributed by atoms with van der Waals surface area (Å²) < 4.78 is 1.00. The van der Waals surface area contributed by atoms with Crippen LogP contribution in [0.25, 0.3) is 5.69 Å². The van der Waals surface area contributed by atoms with Gasteiger partial charge in [0.25, 0.3) is 5.56 Å². The van der Waals surface area contributed by atoms with E-state index in [1.807, 2.05) is 13.8 Å². The Bertz CT molecular complexity index is 822. The summed E-state index contributed by atoms with van der Waals surface area (Å²) in [6, 6.07) is 6.32. The van der Waals surface area contributed by atoms with Gasteiger partial charge < -0.3 is 5.11 Å². The number of aromatic amines is 1. The summed E-state index contributed by atoms with van der Waals surface area (Å²) >= 11 is 5.82. The van der Waals surface area contributed by atoms with Crippen molar-refractivity contribution in [1.82, 2.24) is 9.55 Å². The van der Waals surface area contributed by atoms with Crippen molar-refractivity contribution in [3.05, 3.63) is 55.7 Å². The van der Waals surface area contributed by atoms with E-state index in [0.29, 0.717) is 23.2 Å². The smallest absolute Gasteiger partial charge is 0.335 e. The van der Waals surface area contributed by atoms with Crippen LogP contribution < -0.4 is 11.2 Å². The average molecular weight is 336 g/mol. The van der Waals surface area contributed by atoms with Gasteiger partial charge in [-0.2, -0.15) is 0 Å². The van der Waals surface area contributed by atoms with E-state index in [1.165, 1.54) is 6.21 Å². The molecule has 0 aliphatic heterocycles. The molecule has 0 spiro atoms. The molecule has 0 aliphatic carbocycles. The second-order valence-electron chi connectivity index (χ2n) is 5.32. The third-order valence-electron chi connectivity index (χ3n) is 3.54. The number of aliphatic imine (C=N–C) groups is 1. The van der Waals surface area contributed by atoms with E-state index >= 15 is 0 Å². The molecular formula is C16H18ClN3O3. The molecule has 2 rings (SSSR count). The molecular weight excluding hydrogens is 318 g/mol. The number of nitrogens with one attached hydrogen (secondary N) is 1. The fraction of sp³-hybridized carbons (Fsp3) is 0.312. The number of aromatic hydroxyl groups is 1. The van der Waals surface area contributed by atoms with Crippen molar-refractivity contribution in [3.8, 4) is 11.6 Å². The quantitative estimate of drug-likeness (QED) is 0.822. The van der Waals surface area contributed by atoms with Crippen LogP contribution in [-0.4, -0.2) is 27.4 Å². The molecule has 0 radical (unpaired) electrons. The van der Waals surface area contributed by atoms with E-state index in [0.717, 1.165) is 11.0 Å². The van der Waals surface area contributed by atoms with Crippen LogP contribution in [0.15, 0.2) is 38.8 Å². The van der Waals surface area contributed by atoms with Crippen LogP contribution in [0, 0.1) is 5.92 Å². The minimum atomic E-state index is -0.728. The van der Waals surface area contributed by atoms with Gasteiger partial charge in [-0.1, -0.05) is 31.9 Å². The lowest BCUT2D eigenvalue weighted by atomic mass is 10.1. The lowest BCUT2D eigenvalue weighted by Crippen LogP contribution is -2.31. The molecule has 23 heavy (non-hydrogen) atoms. The van der Waals surface area contributed by atoms with Crippen LogP contribution in [-0.2, 0) is 0 Å². The molecule has 6 nitrogen and oxygen atoms in total. The highest BCUT2D eigenvalue weighted by Gasteiger charge is 2.14. The number of halogens is 1. The zero-order valence-corrected chi connectivity index (χ0v) is 13.7. The summed E-state index contributed by atoms with van der Waals surface area (Å²) in [5, 5.41) is 10.8. The van der Waals surface area contributed by atoms with Crippen molar-refractivity contribution < 1.29 is 5.11 Å². The van der Waals surface area contributed by atoms with Crippen molar-refractivity contribution >= 4 is 17.8 Å². The SMILES string of the molecule is CC[C@H](C)CN=Cc1c(O)n(-c2ccc(Cl)cc2)c(=O)[nH]c1=O. The fourth-order valence-electron chi connectivity index (χ4n) is 1.94. The van der Waals surface area contributed by atoms with Crippen LogP contribution >= 0.6 is 11.6 Å². The second-order valence-corrected chi connectivity index (χ2v) is 5.75. The molecule has 7 heteroatoms. The van der Waals surface area contributed by atoms with Gasteiger partial charge in [0.2, 0.25) is 5.88 Å². The summed E-state index contributed by atoms with van der Waals surface area (Å²) in [6.45, 7) is 4.62. The zero-order chi connectivity index (χ0) is 17.0. The third kappa shape index (κ3) is 3.90. The molecule has 1 aromatic heterocycles. The summed E-state index contributed by atoms with van der Waals surface area (Å²) in [5.74, 6) is -0.0800. The number of nitrogens with zero attached hydrogens (tertiary/aromatic N) is 2. The highest BCUT2D eigenvalue weighted by atomic mass is 35.5. The third-order valence-corrected chi connectivity index (χ3v) is 3.79. The minimum Gasteiger partial charge on any atom is -0.493 e. The van der Waals surface area contributed by atoms with Crippen molar-refractivity contribution in [2.75, 3.05) is 6.54 Å². The zero-order valence-electron chi connectivity index (χ0n) is 12.9. The molecule has 122 valence electrons. The van der Waals surface area contributed by atoms with E-state index < -0.39 is 17.1 Å². The standard InChI is InChI=1S/C16H18ClN3O3/c1-3-10(2)8-18-9-13-14(21)19-16(23)20(15(13)22)12-6-4-11(17)5-7-12/h4-7,9-10,22H,3,8H2,1-2H3,(H,19,21,23)/t10-/m0/s1. The Labute approximate surface area is 138 Å². The highest BCUT2D eigenvalue weighted by Crippen LogP contribution is 2.17. The summed E-state index contributed by atoms with van der Waals surface area (Å²) in [4.78, 5) is 30.3. The number of benzene rings is 1. The van der Waals surface area contributed by atoms with Crippen molar-refractivity contribution in [1.29, 1.82) is 0 Å². The van der Waals surface area contributed by atoms with Gasteiger partial charge in [0.15, 0.2) is 0 Å². The van der Waals surface area contributed by atoms with Gasteiger partial charge in [-0.05, 0) is 30.2 Å².